The Balaban J connectivity index is 0.00000657. The van der Waals surface area contributed by atoms with Gasteiger partial charge in [0.25, 0.3) is 6.33 Å². The Morgan fingerprint density at radius 1 is 0.655 bits per heavy atom. The van der Waals surface area contributed by atoms with Crippen molar-refractivity contribution >= 4 is 32.8 Å². The Hall–Kier alpha value is -6.55. The van der Waals surface area contributed by atoms with E-state index in [1.54, 1.807) is 80.4 Å². The molecule has 1 aliphatic rings. The van der Waals surface area contributed by atoms with Crippen LogP contribution in [-0.4, -0.2) is 14.1 Å². The summed E-state index contributed by atoms with van der Waals surface area (Å²) < 4.78 is 167. The molecule has 11 rings (SSSR count). The number of aromatic nitrogens is 4. The third-order valence-electron chi connectivity index (χ3n) is 9.71. The third-order valence-corrected chi connectivity index (χ3v) is 9.71. The minimum absolute atomic E-state index is 0. The summed E-state index contributed by atoms with van der Waals surface area (Å²) in [4.78, 5) is 4.51. The molecule has 0 bridgehead atoms. The Morgan fingerprint density at radius 3 is 2.10 bits per heavy atom. The molecule has 0 aliphatic heterocycles. The van der Waals surface area contributed by atoms with Crippen LogP contribution in [0.15, 0.2) is 170 Å². The molecule has 0 radical (unpaired) electrons. The molecule has 58 heavy (non-hydrogen) atoms. The van der Waals surface area contributed by atoms with Crippen molar-refractivity contribution in [3.8, 4) is 50.9 Å². The van der Waals surface area contributed by atoms with Crippen LogP contribution in [0.25, 0.3) is 72.3 Å². The smallest absolute Gasteiger partial charge is 0.268 e. The van der Waals surface area contributed by atoms with Gasteiger partial charge in [0.05, 0.1) is 30.4 Å². The second-order valence-corrected chi connectivity index (χ2v) is 13.0. The van der Waals surface area contributed by atoms with Gasteiger partial charge in [-0.1, -0.05) is 127 Å². The number of benzene rings is 7. The predicted octanol–water partition coefficient (Wildman–Crippen LogP) is 11.8. The van der Waals surface area contributed by atoms with Gasteiger partial charge in [0.2, 0.25) is 0 Å². The number of aryl methyl sites for hydroxylation is 2. The van der Waals surface area contributed by atoms with Crippen LogP contribution >= 0.6 is 0 Å². The maximum atomic E-state index is 8.99. The first-order valence-corrected chi connectivity index (χ1v) is 17.8. The van der Waals surface area contributed by atoms with Crippen LogP contribution in [-0.2, 0) is 33.8 Å². The van der Waals surface area contributed by atoms with Gasteiger partial charge in [0, 0.05) is 55.2 Å². The van der Waals surface area contributed by atoms with Gasteiger partial charge in [0.15, 0.2) is 0 Å². The van der Waals surface area contributed by atoms with Crippen molar-refractivity contribution in [2.45, 2.75) is 25.5 Å². The molecular formula is C52H36N4OPt-2. The number of imidazole rings is 1. The monoisotopic (exact) mass is 945 g/mol. The van der Waals surface area contributed by atoms with Crippen LogP contribution in [0.2, 0.25) is 0 Å². The fraction of sp³-hybridized carbons (Fsp3) is 0.0769. The minimum atomic E-state index is -3.28. The molecule has 3 heterocycles. The Bertz CT molecular complexity index is 3950. The first-order chi connectivity index (χ1) is 35.4. The van der Waals surface area contributed by atoms with E-state index in [0.29, 0.717) is 33.1 Å². The van der Waals surface area contributed by atoms with Crippen LogP contribution < -0.4 is 9.30 Å². The summed E-state index contributed by atoms with van der Waals surface area (Å²) in [5.41, 5.74) is 1.42. The maximum absolute atomic E-state index is 8.99. The molecule has 3 aromatic heterocycles. The molecule has 0 atom stereocenters. The number of rotatable bonds is 7. The van der Waals surface area contributed by atoms with Gasteiger partial charge in [-0.2, -0.15) is 18.2 Å². The second-order valence-electron chi connectivity index (χ2n) is 13.0. The molecule has 5 nitrogen and oxygen atoms in total. The number of pyridine rings is 1. The molecule has 282 valence electrons. The third kappa shape index (κ3) is 6.23. The summed E-state index contributed by atoms with van der Waals surface area (Å²) in [6.45, 7) is 0. The van der Waals surface area contributed by atoms with Gasteiger partial charge in [-0.05, 0) is 82.1 Å². The van der Waals surface area contributed by atoms with Crippen LogP contribution in [0.1, 0.15) is 48.5 Å². The molecule has 7 aromatic carbocycles. The maximum Gasteiger partial charge on any atom is 0.268 e. The van der Waals surface area contributed by atoms with Crippen LogP contribution in [0.4, 0.5) is 0 Å². The SMILES string of the molecule is [2H]c1c([2H])c([2H])c(-c2cccc(-c3c([2H])c([2H])c([2H])c([2H])c3[2H])c2-[n+]2[c-]n(-c3[c-]c(Oc4[c-]c5c(cc4)c4ccccc4n5-c4cc5c(cn4)C([2H])([2H])C([2H])([2H])C([2H])([2H])C5([2H])[2H])ccc3)c3ccccc32)c([2H])c1[2H].[Pt]. The fourth-order valence-electron chi connectivity index (χ4n) is 7.24. The van der Waals surface area contributed by atoms with E-state index in [9.17, 15) is 0 Å². The minimum Gasteiger partial charge on any atom is -0.510 e. The van der Waals surface area contributed by atoms with E-state index in [1.165, 1.54) is 24.3 Å². The summed E-state index contributed by atoms with van der Waals surface area (Å²) in [7, 11) is 0. The van der Waals surface area contributed by atoms with Crippen molar-refractivity contribution in [3.63, 3.8) is 0 Å². The number of hydrogen-bond donors (Lipinski definition) is 0. The number of nitrogens with zero attached hydrogens (tertiary/aromatic N) is 4. The molecule has 10 aromatic rings. The van der Waals surface area contributed by atoms with Gasteiger partial charge >= 0.3 is 0 Å². The van der Waals surface area contributed by atoms with Crippen molar-refractivity contribution in [1.82, 2.24) is 14.1 Å². The Labute approximate surface area is 377 Å². The zero-order valence-electron chi connectivity index (χ0n) is 47.9. The van der Waals surface area contributed by atoms with Crippen molar-refractivity contribution in [1.29, 1.82) is 0 Å². The van der Waals surface area contributed by atoms with E-state index >= 15 is 0 Å². The topological polar surface area (TPSA) is 35.9 Å². The molecule has 0 unspecified atom stereocenters. The standard InChI is InChI=1S/C52H36N4O.Pt/c1-3-15-36(16-4-1)43-24-14-25-44(37-17-5-2-6-18-37)52(43)55-35-54(48-27-11-12-28-49(48)55)40-21-13-22-41(32-40)57-42-29-30-46-45-23-9-10-26-47(45)56(50(46)33-42)51-31-38-19-7-8-20-39(38)34-53-51;/h1-6,9-18,21-31,34H,7-8,19-20H2;/q-2;/i1D,2D,3D,4D,5D,6D,7D2,8D2,15D,16D,17D,18D,19D2,20D2;. The summed E-state index contributed by atoms with van der Waals surface area (Å²) in [5, 5.41) is 1.43. The van der Waals surface area contributed by atoms with E-state index in [2.05, 4.69) is 23.4 Å². The predicted molar refractivity (Wildman–Crippen MR) is 227 cm³/mol. The molecular weight excluding hydrogens is 892 g/mol. The molecule has 6 heteroatoms. The second kappa shape index (κ2) is 15.1. The summed E-state index contributed by atoms with van der Waals surface area (Å²) in [6, 6.07) is 29.5. The van der Waals surface area contributed by atoms with Gasteiger partial charge in [0.1, 0.15) is 5.82 Å². The Kier molecular flexibility index (Phi) is 5.53. The zero-order valence-corrected chi connectivity index (χ0v) is 32.2. The quantitative estimate of drug-likeness (QED) is 0.118. The number of ether oxygens (including phenoxy) is 1. The van der Waals surface area contributed by atoms with Gasteiger partial charge < -0.3 is 13.9 Å². The fourth-order valence-corrected chi connectivity index (χ4v) is 7.24. The van der Waals surface area contributed by atoms with Gasteiger partial charge in [-0.3, -0.25) is 4.57 Å². The van der Waals surface area contributed by atoms with Gasteiger partial charge in [-0.15, -0.1) is 29.7 Å². The molecule has 0 fully saturated rings. The largest absolute Gasteiger partial charge is 0.510 e. The number of para-hydroxylation sites is 4. The molecule has 0 saturated heterocycles. The van der Waals surface area contributed by atoms with Crippen LogP contribution in [0, 0.1) is 18.5 Å². The van der Waals surface area contributed by atoms with E-state index < -0.39 is 91.5 Å². The van der Waals surface area contributed by atoms with Crippen molar-refractivity contribution in [2.24, 2.45) is 0 Å². The molecule has 0 saturated carbocycles. The normalized spacial score (nSPS) is 20.3. The number of fused-ring (bicyclic) bond motifs is 5. The molecule has 0 spiro atoms. The first-order valence-electron chi connectivity index (χ1n) is 26.8. The van der Waals surface area contributed by atoms with E-state index in [0.717, 1.165) is 11.6 Å². The summed E-state index contributed by atoms with van der Waals surface area (Å²) in [5.74, 6) is 0.481. The molecule has 0 amide bonds. The van der Waals surface area contributed by atoms with Crippen LogP contribution in [0.5, 0.6) is 11.5 Å². The zero-order chi connectivity index (χ0) is 53.6. The average molecular weight is 946 g/mol. The van der Waals surface area contributed by atoms with E-state index in [4.69, 9.17) is 29.4 Å². The molecule has 1 aliphatic carbocycles. The van der Waals surface area contributed by atoms with Crippen LogP contribution in [0.3, 0.4) is 0 Å². The average Bonchev–Trinajstić information content (AvgIpc) is 4.04. The molecule has 0 N–H and O–H groups in total. The summed E-state index contributed by atoms with van der Waals surface area (Å²) in [6.07, 6.45) is -8.08. The van der Waals surface area contributed by atoms with Crippen molar-refractivity contribution in [2.75, 3.05) is 0 Å². The Morgan fingerprint density at radius 2 is 1.33 bits per heavy atom. The van der Waals surface area contributed by atoms with E-state index in [-0.39, 0.29) is 71.9 Å². The number of hydrogen-bond acceptors (Lipinski definition) is 2. The first kappa shape index (κ1) is 21.3. The van der Waals surface area contributed by atoms with Crippen molar-refractivity contribution < 1.29 is 55.0 Å². The van der Waals surface area contributed by atoms with Gasteiger partial charge in [-0.25, -0.2) is 4.98 Å². The summed E-state index contributed by atoms with van der Waals surface area (Å²) >= 11 is 0. The van der Waals surface area contributed by atoms with Crippen molar-refractivity contribution in [3.05, 3.63) is 199 Å². The van der Waals surface area contributed by atoms with E-state index in [1.807, 2.05) is 12.1 Å².